The standard InChI is InChI=1S/C18H20N4O/c1-12-5-7-13(8-6-12)16(23)21-17-19-11-14-9-10-22(15(14)20-17)18(2,3)4/h5-11H,1-4H3,(H,19,20,21,23). The molecule has 3 rings (SSSR count). The van der Waals surface area contributed by atoms with Crippen molar-refractivity contribution in [3.05, 3.63) is 53.9 Å². The molecule has 5 nitrogen and oxygen atoms in total. The second kappa shape index (κ2) is 5.50. The summed E-state index contributed by atoms with van der Waals surface area (Å²) < 4.78 is 2.07. The van der Waals surface area contributed by atoms with Gasteiger partial charge in [0.1, 0.15) is 5.65 Å². The molecular weight excluding hydrogens is 288 g/mol. The van der Waals surface area contributed by atoms with Crippen LogP contribution in [0.3, 0.4) is 0 Å². The third-order valence-electron chi connectivity index (χ3n) is 3.69. The van der Waals surface area contributed by atoms with Gasteiger partial charge in [-0.3, -0.25) is 10.1 Å². The Labute approximate surface area is 135 Å². The van der Waals surface area contributed by atoms with E-state index in [4.69, 9.17) is 0 Å². The highest BCUT2D eigenvalue weighted by Crippen LogP contribution is 2.22. The zero-order chi connectivity index (χ0) is 16.6. The van der Waals surface area contributed by atoms with Gasteiger partial charge in [-0.25, -0.2) is 4.98 Å². The maximum Gasteiger partial charge on any atom is 0.258 e. The normalized spacial score (nSPS) is 11.7. The third-order valence-corrected chi connectivity index (χ3v) is 3.69. The monoisotopic (exact) mass is 308 g/mol. The number of rotatable bonds is 2. The number of nitrogens with zero attached hydrogens (tertiary/aromatic N) is 3. The lowest BCUT2D eigenvalue weighted by atomic mass is 10.1. The van der Waals surface area contributed by atoms with Crippen molar-refractivity contribution in [3.63, 3.8) is 0 Å². The van der Waals surface area contributed by atoms with Crippen molar-refractivity contribution in [1.29, 1.82) is 0 Å². The summed E-state index contributed by atoms with van der Waals surface area (Å²) in [6, 6.07) is 9.38. The van der Waals surface area contributed by atoms with Gasteiger partial charge >= 0.3 is 0 Å². The Balaban J connectivity index is 1.91. The van der Waals surface area contributed by atoms with E-state index in [1.54, 1.807) is 18.3 Å². The lowest BCUT2D eigenvalue weighted by molar-refractivity contribution is 0.102. The number of fused-ring (bicyclic) bond motifs is 1. The van der Waals surface area contributed by atoms with Crippen LogP contribution in [-0.2, 0) is 5.54 Å². The number of carbonyl (C=O) groups is 1. The number of carbonyl (C=O) groups excluding carboxylic acids is 1. The Morgan fingerprint density at radius 3 is 2.48 bits per heavy atom. The van der Waals surface area contributed by atoms with Crippen LogP contribution < -0.4 is 5.32 Å². The lowest BCUT2D eigenvalue weighted by Crippen LogP contribution is -2.21. The van der Waals surface area contributed by atoms with Crippen molar-refractivity contribution in [2.75, 3.05) is 5.32 Å². The molecule has 0 saturated carbocycles. The molecule has 0 spiro atoms. The van der Waals surface area contributed by atoms with Crippen LogP contribution in [0.25, 0.3) is 11.0 Å². The first-order valence-electron chi connectivity index (χ1n) is 7.57. The molecule has 0 aliphatic heterocycles. The molecule has 0 fully saturated rings. The first-order valence-corrected chi connectivity index (χ1v) is 7.57. The fraction of sp³-hybridized carbons (Fsp3) is 0.278. The van der Waals surface area contributed by atoms with Crippen molar-refractivity contribution >= 4 is 22.9 Å². The summed E-state index contributed by atoms with van der Waals surface area (Å²) in [5.74, 6) is 0.102. The molecule has 0 aliphatic rings. The van der Waals surface area contributed by atoms with Crippen LogP contribution in [0.2, 0.25) is 0 Å². The maximum atomic E-state index is 12.3. The SMILES string of the molecule is Cc1ccc(C(=O)Nc2ncc3ccn(C(C)(C)C)c3n2)cc1. The molecule has 2 aromatic heterocycles. The summed E-state index contributed by atoms with van der Waals surface area (Å²) in [7, 11) is 0. The quantitative estimate of drug-likeness (QED) is 0.784. The van der Waals surface area contributed by atoms with Crippen molar-refractivity contribution in [3.8, 4) is 0 Å². The minimum absolute atomic E-state index is 0.0889. The van der Waals surface area contributed by atoms with Crippen LogP contribution in [0.5, 0.6) is 0 Å². The average molecular weight is 308 g/mol. The molecule has 0 atom stereocenters. The lowest BCUT2D eigenvalue weighted by Gasteiger charge is -2.21. The first kappa shape index (κ1) is 15.2. The Bertz CT molecular complexity index is 857. The molecule has 5 heteroatoms. The van der Waals surface area contributed by atoms with Gasteiger partial charge in [-0.2, -0.15) is 4.98 Å². The van der Waals surface area contributed by atoms with Gasteiger partial charge in [-0.15, -0.1) is 0 Å². The van der Waals surface area contributed by atoms with E-state index in [9.17, 15) is 4.79 Å². The summed E-state index contributed by atoms with van der Waals surface area (Å²) in [6.45, 7) is 8.32. The molecule has 0 radical (unpaired) electrons. The molecule has 0 unspecified atom stereocenters. The predicted molar refractivity (Wildman–Crippen MR) is 91.7 cm³/mol. The highest BCUT2D eigenvalue weighted by atomic mass is 16.1. The van der Waals surface area contributed by atoms with E-state index < -0.39 is 0 Å². The highest BCUT2D eigenvalue weighted by Gasteiger charge is 2.17. The second-order valence-electron chi connectivity index (χ2n) is 6.65. The van der Waals surface area contributed by atoms with E-state index in [1.807, 2.05) is 31.3 Å². The molecule has 23 heavy (non-hydrogen) atoms. The van der Waals surface area contributed by atoms with Gasteiger partial charge in [0.15, 0.2) is 0 Å². The molecule has 1 aromatic carbocycles. The van der Waals surface area contributed by atoms with Gasteiger partial charge in [0, 0.05) is 28.9 Å². The van der Waals surface area contributed by atoms with Gasteiger partial charge in [-0.05, 0) is 45.9 Å². The zero-order valence-electron chi connectivity index (χ0n) is 13.8. The predicted octanol–water partition coefficient (Wildman–Crippen LogP) is 3.75. The summed E-state index contributed by atoms with van der Waals surface area (Å²) >= 11 is 0. The van der Waals surface area contributed by atoms with Gasteiger partial charge in [-0.1, -0.05) is 17.7 Å². The number of hydrogen-bond acceptors (Lipinski definition) is 3. The number of hydrogen-bond donors (Lipinski definition) is 1. The number of amides is 1. The largest absolute Gasteiger partial charge is 0.327 e. The number of aromatic nitrogens is 3. The van der Waals surface area contributed by atoms with Crippen molar-refractivity contribution < 1.29 is 4.79 Å². The van der Waals surface area contributed by atoms with Gasteiger partial charge in [0.25, 0.3) is 5.91 Å². The van der Waals surface area contributed by atoms with Crippen LogP contribution in [0.15, 0.2) is 42.7 Å². The Kier molecular flexibility index (Phi) is 3.64. The molecular formula is C18H20N4O. The summed E-state index contributed by atoms with van der Waals surface area (Å²) in [4.78, 5) is 21.0. The van der Waals surface area contributed by atoms with E-state index >= 15 is 0 Å². The minimum atomic E-state index is -0.210. The molecule has 118 valence electrons. The molecule has 1 amide bonds. The van der Waals surface area contributed by atoms with Crippen LogP contribution >= 0.6 is 0 Å². The van der Waals surface area contributed by atoms with Crippen LogP contribution in [0.1, 0.15) is 36.7 Å². The van der Waals surface area contributed by atoms with Crippen molar-refractivity contribution in [1.82, 2.24) is 14.5 Å². The summed E-state index contributed by atoms with van der Waals surface area (Å²) in [5, 5.41) is 3.72. The third kappa shape index (κ3) is 3.08. The molecule has 0 bridgehead atoms. The van der Waals surface area contributed by atoms with E-state index in [2.05, 4.69) is 40.6 Å². The molecule has 3 aromatic rings. The highest BCUT2D eigenvalue weighted by molar-refractivity contribution is 6.03. The topological polar surface area (TPSA) is 59.8 Å². The van der Waals surface area contributed by atoms with Crippen LogP contribution in [0, 0.1) is 6.92 Å². The molecule has 0 aliphatic carbocycles. The minimum Gasteiger partial charge on any atom is -0.327 e. The van der Waals surface area contributed by atoms with Crippen molar-refractivity contribution in [2.24, 2.45) is 0 Å². The Hall–Kier alpha value is -2.69. The Morgan fingerprint density at radius 2 is 1.83 bits per heavy atom. The molecule has 0 saturated heterocycles. The van der Waals surface area contributed by atoms with E-state index in [0.29, 0.717) is 11.5 Å². The molecule has 2 heterocycles. The van der Waals surface area contributed by atoms with E-state index in [1.165, 1.54) is 0 Å². The van der Waals surface area contributed by atoms with Crippen molar-refractivity contribution in [2.45, 2.75) is 33.2 Å². The number of anilines is 1. The average Bonchev–Trinajstić information content (AvgIpc) is 2.91. The van der Waals surface area contributed by atoms with Crippen LogP contribution in [0.4, 0.5) is 5.95 Å². The van der Waals surface area contributed by atoms with Gasteiger partial charge in [0.05, 0.1) is 0 Å². The second-order valence-corrected chi connectivity index (χ2v) is 6.65. The van der Waals surface area contributed by atoms with E-state index in [-0.39, 0.29) is 11.4 Å². The zero-order valence-corrected chi connectivity index (χ0v) is 13.8. The van der Waals surface area contributed by atoms with Gasteiger partial charge < -0.3 is 4.57 Å². The Morgan fingerprint density at radius 1 is 1.13 bits per heavy atom. The fourth-order valence-electron chi connectivity index (χ4n) is 2.40. The number of aryl methyl sites for hydroxylation is 1. The fourth-order valence-corrected chi connectivity index (χ4v) is 2.40. The molecule has 1 N–H and O–H groups in total. The van der Waals surface area contributed by atoms with E-state index in [0.717, 1.165) is 16.6 Å². The summed E-state index contributed by atoms with van der Waals surface area (Å²) in [6.07, 6.45) is 3.72. The first-order chi connectivity index (χ1) is 10.8. The number of benzene rings is 1. The van der Waals surface area contributed by atoms with Crippen LogP contribution in [-0.4, -0.2) is 20.4 Å². The van der Waals surface area contributed by atoms with Gasteiger partial charge in [0.2, 0.25) is 5.95 Å². The number of nitrogens with one attached hydrogen (secondary N) is 1. The summed E-state index contributed by atoms with van der Waals surface area (Å²) in [5.41, 5.74) is 2.42. The smallest absolute Gasteiger partial charge is 0.258 e. The maximum absolute atomic E-state index is 12.3.